The molecule has 0 bridgehead atoms. The van der Waals surface area contributed by atoms with E-state index in [2.05, 4.69) is 21.6 Å². The summed E-state index contributed by atoms with van der Waals surface area (Å²) in [6, 6.07) is 14.3. The van der Waals surface area contributed by atoms with Gasteiger partial charge in [-0.05, 0) is 56.3 Å². The Morgan fingerprint density at radius 1 is 1.23 bits per heavy atom. The Labute approximate surface area is 178 Å². The second-order valence-corrected chi connectivity index (χ2v) is 7.93. The predicted molar refractivity (Wildman–Crippen MR) is 118 cm³/mol. The Morgan fingerprint density at radius 2 is 2.03 bits per heavy atom. The van der Waals surface area contributed by atoms with Gasteiger partial charge in [0.15, 0.2) is 0 Å². The van der Waals surface area contributed by atoms with Gasteiger partial charge in [0.05, 0.1) is 13.2 Å². The number of nitrogens with one attached hydrogen (secondary N) is 2. The SMILES string of the molecule is COc1cccc(N2CCC(CNC(=O)NCC(c3cccc(F)c3)N(C)C)C2)c1. The summed E-state index contributed by atoms with van der Waals surface area (Å²) in [6.45, 7) is 2.89. The molecular formula is C23H31FN4O2. The smallest absolute Gasteiger partial charge is 0.314 e. The number of carbonyl (C=O) groups excluding carboxylic acids is 1. The number of methoxy groups -OCH3 is 1. The highest BCUT2D eigenvalue weighted by molar-refractivity contribution is 5.73. The van der Waals surface area contributed by atoms with Crippen LogP contribution in [-0.2, 0) is 0 Å². The van der Waals surface area contributed by atoms with Crippen LogP contribution in [0.3, 0.4) is 0 Å². The lowest BCUT2D eigenvalue weighted by atomic mass is 10.1. The van der Waals surface area contributed by atoms with E-state index in [9.17, 15) is 9.18 Å². The van der Waals surface area contributed by atoms with E-state index in [1.165, 1.54) is 12.1 Å². The topological polar surface area (TPSA) is 56.8 Å². The Morgan fingerprint density at radius 3 is 2.77 bits per heavy atom. The van der Waals surface area contributed by atoms with E-state index in [1.807, 2.05) is 43.3 Å². The summed E-state index contributed by atoms with van der Waals surface area (Å²) in [4.78, 5) is 16.6. The first kappa shape index (κ1) is 21.9. The van der Waals surface area contributed by atoms with Crippen molar-refractivity contribution in [2.45, 2.75) is 12.5 Å². The molecular weight excluding hydrogens is 383 g/mol. The second kappa shape index (κ2) is 10.3. The van der Waals surface area contributed by atoms with Crippen molar-refractivity contribution in [3.63, 3.8) is 0 Å². The predicted octanol–water partition coefficient (Wildman–Crippen LogP) is 3.26. The van der Waals surface area contributed by atoms with Crippen LogP contribution in [0.25, 0.3) is 0 Å². The summed E-state index contributed by atoms with van der Waals surface area (Å²) in [5.41, 5.74) is 1.98. The van der Waals surface area contributed by atoms with Crippen molar-refractivity contribution in [2.75, 3.05) is 52.3 Å². The lowest BCUT2D eigenvalue weighted by Gasteiger charge is -2.25. The van der Waals surface area contributed by atoms with E-state index in [-0.39, 0.29) is 17.9 Å². The number of ether oxygens (including phenoxy) is 1. The zero-order valence-corrected chi connectivity index (χ0v) is 17.9. The second-order valence-electron chi connectivity index (χ2n) is 7.93. The highest BCUT2D eigenvalue weighted by Crippen LogP contribution is 2.26. The number of carbonyl (C=O) groups is 1. The molecule has 2 aromatic carbocycles. The molecule has 2 atom stereocenters. The highest BCUT2D eigenvalue weighted by Gasteiger charge is 2.23. The van der Waals surface area contributed by atoms with Crippen LogP contribution in [0.2, 0.25) is 0 Å². The molecule has 1 heterocycles. The molecule has 2 N–H and O–H groups in total. The number of hydrogen-bond acceptors (Lipinski definition) is 4. The fraction of sp³-hybridized carbons (Fsp3) is 0.435. The van der Waals surface area contributed by atoms with Crippen molar-refractivity contribution in [1.82, 2.24) is 15.5 Å². The zero-order valence-electron chi connectivity index (χ0n) is 17.9. The monoisotopic (exact) mass is 414 g/mol. The first-order valence-corrected chi connectivity index (χ1v) is 10.3. The van der Waals surface area contributed by atoms with E-state index in [0.29, 0.717) is 19.0 Å². The molecule has 6 nitrogen and oxygen atoms in total. The zero-order chi connectivity index (χ0) is 21.5. The fourth-order valence-corrected chi connectivity index (χ4v) is 3.84. The van der Waals surface area contributed by atoms with Crippen LogP contribution >= 0.6 is 0 Å². The van der Waals surface area contributed by atoms with E-state index in [0.717, 1.165) is 36.5 Å². The standard InChI is InChI=1S/C23H31FN4O2/c1-27(2)22(18-6-4-7-19(24)12-18)15-26-23(29)25-14-17-10-11-28(16-17)20-8-5-9-21(13-20)30-3/h4-9,12-13,17,22H,10-11,14-16H2,1-3H3,(H2,25,26,29). The highest BCUT2D eigenvalue weighted by atomic mass is 19.1. The van der Waals surface area contributed by atoms with Gasteiger partial charge >= 0.3 is 6.03 Å². The maximum atomic E-state index is 13.6. The van der Waals surface area contributed by atoms with Crippen LogP contribution in [0.1, 0.15) is 18.0 Å². The van der Waals surface area contributed by atoms with E-state index < -0.39 is 0 Å². The molecule has 3 rings (SSSR count). The van der Waals surface area contributed by atoms with Crippen molar-refractivity contribution in [3.8, 4) is 5.75 Å². The van der Waals surface area contributed by atoms with Gasteiger partial charge in [-0.3, -0.25) is 0 Å². The van der Waals surface area contributed by atoms with Gasteiger partial charge in [-0.25, -0.2) is 9.18 Å². The minimum atomic E-state index is -0.273. The molecule has 2 amide bonds. The van der Waals surface area contributed by atoms with Gasteiger partial charge in [0, 0.05) is 37.9 Å². The Bertz CT molecular complexity index is 845. The molecule has 2 unspecified atom stereocenters. The molecule has 7 heteroatoms. The molecule has 0 radical (unpaired) electrons. The molecule has 30 heavy (non-hydrogen) atoms. The Hall–Kier alpha value is -2.80. The van der Waals surface area contributed by atoms with Crippen LogP contribution in [-0.4, -0.2) is 58.3 Å². The minimum Gasteiger partial charge on any atom is -0.497 e. The summed E-state index contributed by atoms with van der Waals surface area (Å²) in [7, 11) is 5.51. The largest absolute Gasteiger partial charge is 0.497 e. The number of urea groups is 1. The van der Waals surface area contributed by atoms with Gasteiger partial charge in [0.2, 0.25) is 0 Å². The van der Waals surface area contributed by atoms with Crippen molar-refractivity contribution in [3.05, 3.63) is 59.9 Å². The van der Waals surface area contributed by atoms with Crippen molar-refractivity contribution in [2.24, 2.45) is 5.92 Å². The fourth-order valence-electron chi connectivity index (χ4n) is 3.84. The molecule has 1 aliphatic heterocycles. The summed E-state index contributed by atoms with van der Waals surface area (Å²) < 4.78 is 18.9. The third-order valence-corrected chi connectivity index (χ3v) is 5.57. The molecule has 162 valence electrons. The van der Waals surface area contributed by atoms with Crippen molar-refractivity contribution in [1.29, 1.82) is 0 Å². The lowest BCUT2D eigenvalue weighted by molar-refractivity contribution is 0.231. The molecule has 1 saturated heterocycles. The number of halogens is 1. The Balaban J connectivity index is 1.45. The van der Waals surface area contributed by atoms with E-state index in [4.69, 9.17) is 4.74 Å². The number of rotatable bonds is 8. The van der Waals surface area contributed by atoms with E-state index in [1.54, 1.807) is 13.2 Å². The number of amides is 2. The maximum Gasteiger partial charge on any atom is 0.314 e. The molecule has 0 aliphatic carbocycles. The third kappa shape index (κ3) is 5.86. The average Bonchev–Trinajstić information content (AvgIpc) is 3.21. The molecule has 0 aromatic heterocycles. The maximum absolute atomic E-state index is 13.6. The Kier molecular flexibility index (Phi) is 7.52. The summed E-state index contributed by atoms with van der Waals surface area (Å²) in [5, 5.41) is 5.90. The first-order chi connectivity index (χ1) is 14.5. The molecule has 2 aromatic rings. The number of hydrogen-bond donors (Lipinski definition) is 2. The third-order valence-electron chi connectivity index (χ3n) is 5.57. The van der Waals surface area contributed by atoms with E-state index >= 15 is 0 Å². The average molecular weight is 415 g/mol. The van der Waals surface area contributed by atoms with Crippen LogP contribution in [0.5, 0.6) is 5.75 Å². The summed E-state index contributed by atoms with van der Waals surface area (Å²) in [5.74, 6) is 0.975. The normalized spacial score (nSPS) is 17.1. The van der Waals surface area contributed by atoms with Crippen LogP contribution in [0, 0.1) is 11.7 Å². The molecule has 1 aliphatic rings. The molecule has 0 saturated carbocycles. The van der Waals surface area contributed by atoms with Gasteiger partial charge in [-0.15, -0.1) is 0 Å². The minimum absolute atomic E-state index is 0.0958. The van der Waals surface area contributed by atoms with Crippen molar-refractivity contribution < 1.29 is 13.9 Å². The molecule has 1 fully saturated rings. The van der Waals surface area contributed by atoms with Gasteiger partial charge in [-0.2, -0.15) is 0 Å². The van der Waals surface area contributed by atoms with Crippen LogP contribution in [0.4, 0.5) is 14.9 Å². The van der Waals surface area contributed by atoms with Crippen LogP contribution < -0.4 is 20.3 Å². The summed E-state index contributed by atoms with van der Waals surface area (Å²) in [6.07, 6.45) is 1.03. The van der Waals surface area contributed by atoms with Gasteiger partial charge in [0.1, 0.15) is 11.6 Å². The number of nitrogens with zero attached hydrogens (tertiary/aromatic N) is 2. The van der Waals surface area contributed by atoms with Crippen molar-refractivity contribution >= 4 is 11.7 Å². The van der Waals surface area contributed by atoms with Crippen LogP contribution in [0.15, 0.2) is 48.5 Å². The number of anilines is 1. The number of likely N-dealkylation sites (N-methyl/N-ethyl adjacent to an activating group) is 1. The van der Waals surface area contributed by atoms with Gasteiger partial charge in [0.25, 0.3) is 0 Å². The molecule has 0 spiro atoms. The first-order valence-electron chi connectivity index (χ1n) is 10.3. The lowest BCUT2D eigenvalue weighted by Crippen LogP contribution is -2.42. The quantitative estimate of drug-likeness (QED) is 0.696. The van der Waals surface area contributed by atoms with Gasteiger partial charge in [-0.1, -0.05) is 18.2 Å². The summed E-state index contributed by atoms with van der Waals surface area (Å²) >= 11 is 0. The number of benzene rings is 2. The van der Waals surface area contributed by atoms with Gasteiger partial charge < -0.3 is 25.2 Å².